The molecule has 0 amide bonds. The number of alkyl halides is 3. The molecule has 8 heteroatoms. The van der Waals surface area contributed by atoms with Crippen molar-refractivity contribution in [3.8, 4) is 5.75 Å². The van der Waals surface area contributed by atoms with Crippen LogP contribution in [0.5, 0.6) is 5.75 Å². The predicted molar refractivity (Wildman–Crippen MR) is 150 cm³/mol. The fraction of sp³-hybridized carbons (Fsp3) is 0.500. The number of hydrogen-bond acceptors (Lipinski definition) is 4. The van der Waals surface area contributed by atoms with Gasteiger partial charge in [-0.1, -0.05) is 59.9 Å². The summed E-state index contributed by atoms with van der Waals surface area (Å²) >= 11 is 0. The van der Waals surface area contributed by atoms with Crippen molar-refractivity contribution < 1.29 is 27.4 Å². The number of halogens is 4. The van der Waals surface area contributed by atoms with E-state index in [1.807, 2.05) is 13.8 Å². The zero-order chi connectivity index (χ0) is 28.4. The second-order valence-electron chi connectivity index (χ2n) is 9.08. The van der Waals surface area contributed by atoms with Gasteiger partial charge in [-0.25, -0.2) is 4.39 Å². The minimum atomic E-state index is -4.96. The molecule has 1 aliphatic heterocycles. The Morgan fingerprint density at radius 1 is 1.18 bits per heavy atom. The average molecular weight is 541 g/mol. The lowest BCUT2D eigenvalue weighted by molar-refractivity contribution is -0.264. The quantitative estimate of drug-likeness (QED) is 0.180. The molecule has 0 aliphatic carbocycles. The number of ether oxygens (including phenoxy) is 1. The first-order chi connectivity index (χ1) is 17.3. The normalized spacial score (nSPS) is 16.1. The SMILES string of the molecule is C.C=C/C(N=CC)=C(/C=C\C)C(=C/C)\NCC(O)(CC(C)(C)c1cc(F)cc2c1OCC2)C(F)(F)F.CC. The van der Waals surface area contributed by atoms with Crippen molar-refractivity contribution >= 4 is 6.21 Å². The molecule has 0 spiro atoms. The highest BCUT2D eigenvalue weighted by Crippen LogP contribution is 2.45. The number of aliphatic hydroxyl groups is 1. The molecule has 1 atom stereocenters. The second-order valence-corrected chi connectivity index (χ2v) is 9.08. The Kier molecular flexibility index (Phi) is 13.8. The lowest BCUT2D eigenvalue weighted by atomic mass is 9.74. The Hall–Kier alpha value is -2.87. The molecule has 0 bridgehead atoms. The first kappa shape index (κ1) is 35.1. The maximum Gasteiger partial charge on any atom is 0.418 e. The van der Waals surface area contributed by atoms with Crippen LogP contribution in [-0.2, 0) is 11.8 Å². The van der Waals surface area contributed by atoms with Crippen molar-refractivity contribution in [2.24, 2.45) is 4.99 Å². The van der Waals surface area contributed by atoms with Gasteiger partial charge in [-0.15, -0.1) is 0 Å². The molecule has 214 valence electrons. The van der Waals surface area contributed by atoms with Gasteiger partial charge in [-0.3, -0.25) is 4.99 Å². The van der Waals surface area contributed by atoms with Crippen LogP contribution in [0.15, 0.2) is 65.0 Å². The minimum Gasteiger partial charge on any atom is -0.493 e. The van der Waals surface area contributed by atoms with Gasteiger partial charge < -0.3 is 15.2 Å². The van der Waals surface area contributed by atoms with E-state index in [1.165, 1.54) is 18.2 Å². The largest absolute Gasteiger partial charge is 0.493 e. The van der Waals surface area contributed by atoms with Crippen molar-refractivity contribution in [1.29, 1.82) is 0 Å². The molecule has 4 nitrogen and oxygen atoms in total. The van der Waals surface area contributed by atoms with E-state index in [2.05, 4.69) is 16.9 Å². The van der Waals surface area contributed by atoms with Gasteiger partial charge in [0.1, 0.15) is 11.6 Å². The number of aliphatic imine (C=N–C) groups is 1. The van der Waals surface area contributed by atoms with Gasteiger partial charge in [0.15, 0.2) is 5.60 Å². The number of nitrogens with one attached hydrogen (secondary N) is 1. The maximum atomic E-state index is 14.3. The van der Waals surface area contributed by atoms with E-state index in [9.17, 15) is 22.7 Å². The van der Waals surface area contributed by atoms with Crippen LogP contribution in [0, 0.1) is 5.82 Å². The highest BCUT2D eigenvalue weighted by molar-refractivity contribution is 5.58. The smallest absolute Gasteiger partial charge is 0.418 e. The van der Waals surface area contributed by atoms with Crippen molar-refractivity contribution in [2.75, 3.05) is 13.2 Å². The Balaban J connectivity index is 0.00000445. The molecule has 1 unspecified atom stereocenters. The molecule has 0 fully saturated rings. The first-order valence-corrected chi connectivity index (χ1v) is 12.5. The number of benzene rings is 1. The van der Waals surface area contributed by atoms with E-state index in [0.717, 1.165) is 0 Å². The summed E-state index contributed by atoms with van der Waals surface area (Å²) in [6.07, 6.45) is 2.93. The molecular weight excluding hydrogens is 496 g/mol. The van der Waals surface area contributed by atoms with E-state index >= 15 is 0 Å². The van der Waals surface area contributed by atoms with E-state index < -0.39 is 36.0 Å². The standard InChI is InChI=1S/C27H34F4N2O2.C2H6.CH4/c1-7-11-20(22(8-2)32-10-4)23(9-3)33-17-26(34,27(29,30)31)16-25(5,6)21-15-19(28)14-18-12-13-35-24(18)21;1-2;/h7-11,14-15,33-34H,2,12-13,16-17H2,1,3-6H3;1-2H3;1H4/b11-7-,22-20+,23-9+,32-10?;;. The highest BCUT2D eigenvalue weighted by atomic mass is 19.4. The van der Waals surface area contributed by atoms with Crippen LogP contribution in [0.1, 0.15) is 73.4 Å². The van der Waals surface area contributed by atoms with Crippen molar-refractivity contribution in [2.45, 2.75) is 85.9 Å². The highest BCUT2D eigenvalue weighted by Gasteiger charge is 2.56. The number of hydrogen-bond donors (Lipinski definition) is 2. The second kappa shape index (κ2) is 14.9. The molecule has 1 aromatic carbocycles. The average Bonchev–Trinajstić information content (AvgIpc) is 3.30. The van der Waals surface area contributed by atoms with Crippen LogP contribution < -0.4 is 10.1 Å². The van der Waals surface area contributed by atoms with Gasteiger partial charge in [0.05, 0.1) is 18.8 Å². The first-order valence-electron chi connectivity index (χ1n) is 12.5. The van der Waals surface area contributed by atoms with Gasteiger partial charge in [0, 0.05) is 35.0 Å². The molecule has 38 heavy (non-hydrogen) atoms. The van der Waals surface area contributed by atoms with E-state index in [1.54, 1.807) is 59.1 Å². The number of fused-ring (bicyclic) bond motifs is 1. The molecule has 2 rings (SSSR count). The third-order valence-corrected chi connectivity index (χ3v) is 5.96. The maximum absolute atomic E-state index is 14.3. The zero-order valence-electron chi connectivity index (χ0n) is 22.9. The molecule has 2 N–H and O–H groups in total. The summed E-state index contributed by atoms with van der Waals surface area (Å²) in [5.41, 5.74) is -2.09. The summed E-state index contributed by atoms with van der Waals surface area (Å²) in [5, 5.41) is 13.8. The van der Waals surface area contributed by atoms with Gasteiger partial charge in [0.2, 0.25) is 0 Å². The van der Waals surface area contributed by atoms with Crippen molar-refractivity contribution in [1.82, 2.24) is 5.32 Å². The molecular formula is C30H44F4N2O2. The molecule has 1 aliphatic rings. The van der Waals surface area contributed by atoms with Crippen molar-refractivity contribution in [3.63, 3.8) is 0 Å². The molecule has 1 heterocycles. The lowest BCUT2D eigenvalue weighted by Crippen LogP contribution is -2.55. The summed E-state index contributed by atoms with van der Waals surface area (Å²) < 4.78 is 62.7. The van der Waals surface area contributed by atoms with Crippen LogP contribution in [0.4, 0.5) is 17.6 Å². The van der Waals surface area contributed by atoms with Gasteiger partial charge in [0.25, 0.3) is 0 Å². The third kappa shape index (κ3) is 8.32. The summed E-state index contributed by atoms with van der Waals surface area (Å²) in [5.74, 6) is -0.147. The Morgan fingerprint density at radius 2 is 1.82 bits per heavy atom. The topological polar surface area (TPSA) is 53.9 Å². The Bertz CT molecular complexity index is 1050. The van der Waals surface area contributed by atoms with E-state index in [0.29, 0.717) is 46.9 Å². The molecule has 0 aromatic heterocycles. The molecule has 0 saturated carbocycles. The Labute approximate surface area is 225 Å². The fourth-order valence-corrected chi connectivity index (χ4v) is 4.31. The van der Waals surface area contributed by atoms with E-state index in [4.69, 9.17) is 4.74 Å². The summed E-state index contributed by atoms with van der Waals surface area (Å²) in [4.78, 5) is 4.23. The molecule has 1 aromatic rings. The lowest BCUT2D eigenvalue weighted by Gasteiger charge is -2.39. The Morgan fingerprint density at radius 3 is 2.32 bits per heavy atom. The van der Waals surface area contributed by atoms with Gasteiger partial charge in [-0.05, 0) is 50.8 Å². The predicted octanol–water partition coefficient (Wildman–Crippen LogP) is 7.98. The number of nitrogens with zero attached hydrogens (tertiary/aromatic N) is 1. The summed E-state index contributed by atoms with van der Waals surface area (Å²) in [7, 11) is 0. The number of rotatable bonds is 10. The summed E-state index contributed by atoms with van der Waals surface area (Å²) in [6, 6.07) is 2.53. The summed E-state index contributed by atoms with van der Waals surface area (Å²) in [6.45, 7) is 15.5. The van der Waals surface area contributed by atoms with E-state index in [-0.39, 0.29) is 7.43 Å². The van der Waals surface area contributed by atoms with Crippen LogP contribution in [0.2, 0.25) is 0 Å². The monoisotopic (exact) mass is 540 g/mol. The van der Waals surface area contributed by atoms with Crippen LogP contribution in [0.3, 0.4) is 0 Å². The van der Waals surface area contributed by atoms with Crippen LogP contribution in [0.25, 0.3) is 0 Å². The zero-order valence-corrected chi connectivity index (χ0v) is 22.9. The van der Waals surface area contributed by atoms with Crippen LogP contribution in [-0.4, -0.2) is 36.3 Å². The van der Waals surface area contributed by atoms with Crippen molar-refractivity contribution in [3.05, 3.63) is 76.9 Å². The number of allylic oxidation sites excluding steroid dienone is 4. The van der Waals surface area contributed by atoms with Crippen LogP contribution >= 0.6 is 0 Å². The minimum absolute atomic E-state index is 0. The molecule has 0 radical (unpaired) electrons. The fourth-order valence-electron chi connectivity index (χ4n) is 4.31. The van der Waals surface area contributed by atoms with Gasteiger partial charge in [-0.2, -0.15) is 13.2 Å². The van der Waals surface area contributed by atoms with Gasteiger partial charge >= 0.3 is 6.18 Å². The third-order valence-electron chi connectivity index (χ3n) is 5.96. The molecule has 0 saturated heterocycles.